The molecule has 0 saturated carbocycles. The predicted octanol–water partition coefficient (Wildman–Crippen LogP) is 3.29. The van der Waals surface area contributed by atoms with Gasteiger partial charge in [0.25, 0.3) is 0 Å². The van der Waals surface area contributed by atoms with Crippen LogP contribution in [0.3, 0.4) is 0 Å². The molecule has 0 atom stereocenters. The summed E-state index contributed by atoms with van der Waals surface area (Å²) in [5.41, 5.74) is 8.78. The van der Waals surface area contributed by atoms with Crippen LogP contribution in [0.5, 0.6) is 0 Å². The Hall–Kier alpha value is -2.94. The third-order valence-corrected chi connectivity index (χ3v) is 6.09. The van der Waals surface area contributed by atoms with E-state index in [2.05, 4.69) is 16.0 Å². The fourth-order valence-electron chi connectivity index (χ4n) is 4.15. The van der Waals surface area contributed by atoms with Crippen molar-refractivity contribution in [3.8, 4) is 0 Å². The lowest BCUT2D eigenvalue weighted by molar-refractivity contribution is -0.116. The van der Waals surface area contributed by atoms with Crippen LogP contribution in [0.1, 0.15) is 48.1 Å². The number of unbranched alkanes of at least 4 members (excludes halogenated alkanes) is 1. The van der Waals surface area contributed by atoms with E-state index in [-0.39, 0.29) is 11.5 Å². The standard InChI is InChI=1S/C27H38N4O4/c1-18-16-25(33)35-26-19(2)27-23(17-22(18)26)21(20(3)34-27)8-9-24(32)31-15-7-14-30-12-5-4-11-29-13-6-10-28/h8-9,16-17,29-30H,4-7,10-15,28H2,1-3H3,(H,31,32)/b9-8+. The van der Waals surface area contributed by atoms with Gasteiger partial charge in [0.1, 0.15) is 16.9 Å². The molecule has 3 aromatic rings. The number of amides is 1. The third kappa shape index (κ3) is 7.27. The van der Waals surface area contributed by atoms with Crippen molar-refractivity contribution in [2.24, 2.45) is 5.73 Å². The van der Waals surface area contributed by atoms with E-state index >= 15 is 0 Å². The number of benzene rings is 1. The molecule has 0 unspecified atom stereocenters. The van der Waals surface area contributed by atoms with Gasteiger partial charge in [0.05, 0.1) is 0 Å². The molecule has 0 bridgehead atoms. The number of aryl methyl sites for hydroxylation is 3. The molecule has 8 heteroatoms. The van der Waals surface area contributed by atoms with Crippen molar-refractivity contribution in [2.75, 3.05) is 39.3 Å². The summed E-state index contributed by atoms with van der Waals surface area (Å²) in [7, 11) is 0. The van der Waals surface area contributed by atoms with Crippen molar-refractivity contribution >= 4 is 33.9 Å². The molecule has 0 saturated heterocycles. The Morgan fingerprint density at radius 1 is 0.886 bits per heavy atom. The second-order valence-electron chi connectivity index (χ2n) is 8.90. The van der Waals surface area contributed by atoms with Crippen LogP contribution >= 0.6 is 0 Å². The Morgan fingerprint density at radius 2 is 1.54 bits per heavy atom. The van der Waals surface area contributed by atoms with Crippen LogP contribution in [0.15, 0.2) is 31.8 Å². The van der Waals surface area contributed by atoms with E-state index in [0.29, 0.717) is 23.5 Å². The molecular formula is C27H38N4O4. The van der Waals surface area contributed by atoms with Crippen molar-refractivity contribution in [3.63, 3.8) is 0 Å². The Morgan fingerprint density at radius 3 is 2.26 bits per heavy atom. The number of furan rings is 1. The second-order valence-corrected chi connectivity index (χ2v) is 8.90. The minimum Gasteiger partial charge on any atom is -0.460 e. The highest BCUT2D eigenvalue weighted by molar-refractivity contribution is 6.03. The van der Waals surface area contributed by atoms with Crippen LogP contribution < -0.4 is 27.3 Å². The quantitative estimate of drug-likeness (QED) is 0.158. The first-order chi connectivity index (χ1) is 16.9. The van der Waals surface area contributed by atoms with Gasteiger partial charge < -0.3 is 30.5 Å². The van der Waals surface area contributed by atoms with Crippen LogP contribution in [0, 0.1) is 20.8 Å². The van der Waals surface area contributed by atoms with E-state index in [0.717, 1.165) is 85.9 Å². The van der Waals surface area contributed by atoms with E-state index in [1.165, 1.54) is 6.07 Å². The minimum absolute atomic E-state index is 0.137. The average Bonchev–Trinajstić information content (AvgIpc) is 3.14. The van der Waals surface area contributed by atoms with Crippen LogP contribution in [0.4, 0.5) is 0 Å². The van der Waals surface area contributed by atoms with Gasteiger partial charge >= 0.3 is 5.63 Å². The molecule has 8 nitrogen and oxygen atoms in total. The Labute approximate surface area is 206 Å². The first-order valence-corrected chi connectivity index (χ1v) is 12.5. The smallest absolute Gasteiger partial charge is 0.336 e. The summed E-state index contributed by atoms with van der Waals surface area (Å²) < 4.78 is 11.4. The Bertz CT molecular complexity index is 1230. The molecule has 5 N–H and O–H groups in total. The number of carbonyl (C=O) groups excluding carboxylic acids is 1. The number of fused-ring (bicyclic) bond motifs is 2. The van der Waals surface area contributed by atoms with Gasteiger partial charge in [-0.3, -0.25) is 4.79 Å². The zero-order valence-corrected chi connectivity index (χ0v) is 21.1. The molecule has 0 aliphatic rings. The number of nitrogens with two attached hydrogens (primary N) is 1. The van der Waals surface area contributed by atoms with Gasteiger partial charge in [0.2, 0.25) is 5.91 Å². The van der Waals surface area contributed by atoms with E-state index < -0.39 is 0 Å². The van der Waals surface area contributed by atoms with Crippen LogP contribution in [-0.4, -0.2) is 45.2 Å². The largest absolute Gasteiger partial charge is 0.460 e. The number of carbonyl (C=O) groups is 1. The monoisotopic (exact) mass is 482 g/mol. The fourth-order valence-corrected chi connectivity index (χ4v) is 4.15. The highest BCUT2D eigenvalue weighted by Crippen LogP contribution is 2.34. The van der Waals surface area contributed by atoms with Crippen LogP contribution in [0.25, 0.3) is 28.0 Å². The zero-order chi connectivity index (χ0) is 25.2. The number of hydrogen-bond acceptors (Lipinski definition) is 7. The van der Waals surface area contributed by atoms with Gasteiger partial charge in [-0.05, 0) is 96.9 Å². The summed E-state index contributed by atoms with van der Waals surface area (Å²) >= 11 is 0. The Kier molecular flexibility index (Phi) is 10.1. The first-order valence-electron chi connectivity index (χ1n) is 12.5. The average molecular weight is 483 g/mol. The van der Waals surface area contributed by atoms with E-state index in [4.69, 9.17) is 14.6 Å². The third-order valence-electron chi connectivity index (χ3n) is 6.09. The summed E-state index contributed by atoms with van der Waals surface area (Å²) in [5, 5.41) is 11.5. The number of nitrogens with one attached hydrogen (secondary N) is 3. The lowest BCUT2D eigenvalue weighted by Gasteiger charge is -2.06. The summed E-state index contributed by atoms with van der Waals surface area (Å²) in [6.07, 6.45) is 7.50. The molecule has 1 amide bonds. The highest BCUT2D eigenvalue weighted by atomic mass is 16.4. The molecule has 0 spiro atoms. The van der Waals surface area contributed by atoms with Crippen molar-refractivity contribution in [1.82, 2.24) is 16.0 Å². The fraction of sp³-hybridized carbons (Fsp3) is 0.481. The molecule has 0 aliphatic carbocycles. The zero-order valence-electron chi connectivity index (χ0n) is 21.1. The Balaban J connectivity index is 1.47. The summed E-state index contributed by atoms with van der Waals surface area (Å²) in [4.78, 5) is 24.1. The molecule has 0 fully saturated rings. The molecule has 0 radical (unpaired) electrons. The molecule has 2 aromatic heterocycles. The number of hydrogen-bond donors (Lipinski definition) is 4. The topological polar surface area (TPSA) is 123 Å². The lowest BCUT2D eigenvalue weighted by Crippen LogP contribution is -2.26. The van der Waals surface area contributed by atoms with Gasteiger partial charge in [-0.1, -0.05) is 0 Å². The molecule has 3 rings (SSSR count). The van der Waals surface area contributed by atoms with E-state index in [1.807, 2.05) is 26.8 Å². The molecule has 190 valence electrons. The van der Waals surface area contributed by atoms with E-state index in [9.17, 15) is 9.59 Å². The molecule has 2 heterocycles. The minimum atomic E-state index is -0.376. The van der Waals surface area contributed by atoms with Gasteiger partial charge in [-0.15, -0.1) is 0 Å². The highest BCUT2D eigenvalue weighted by Gasteiger charge is 2.16. The van der Waals surface area contributed by atoms with Crippen molar-refractivity contribution in [2.45, 2.75) is 46.5 Å². The molecule has 1 aromatic carbocycles. The molecule has 35 heavy (non-hydrogen) atoms. The van der Waals surface area contributed by atoms with Gasteiger partial charge in [-0.2, -0.15) is 0 Å². The van der Waals surface area contributed by atoms with Gasteiger partial charge in [-0.25, -0.2) is 4.79 Å². The molecule has 0 aliphatic heterocycles. The summed E-state index contributed by atoms with van der Waals surface area (Å²) in [6, 6.07) is 3.45. The van der Waals surface area contributed by atoms with Crippen LogP contribution in [-0.2, 0) is 4.79 Å². The first kappa shape index (κ1) is 26.7. The van der Waals surface area contributed by atoms with Gasteiger partial charge in [0, 0.05) is 40.6 Å². The van der Waals surface area contributed by atoms with E-state index in [1.54, 1.807) is 12.2 Å². The second kappa shape index (κ2) is 13.2. The van der Waals surface area contributed by atoms with Crippen molar-refractivity contribution < 1.29 is 13.6 Å². The SMILES string of the molecule is Cc1oc2c(C)c3oc(=O)cc(C)c3cc2c1/C=C/C(=O)NCCCNCCCCNCCCN. The summed E-state index contributed by atoms with van der Waals surface area (Å²) in [6.45, 7) is 10.9. The predicted molar refractivity (Wildman–Crippen MR) is 142 cm³/mol. The lowest BCUT2D eigenvalue weighted by atomic mass is 10.0. The van der Waals surface area contributed by atoms with Gasteiger partial charge in [0.15, 0.2) is 0 Å². The maximum Gasteiger partial charge on any atom is 0.336 e. The maximum atomic E-state index is 12.3. The molecular weight excluding hydrogens is 444 g/mol. The normalized spacial score (nSPS) is 11.8. The summed E-state index contributed by atoms with van der Waals surface area (Å²) in [5.74, 6) is 0.572. The van der Waals surface area contributed by atoms with Crippen molar-refractivity contribution in [3.05, 3.63) is 51.1 Å². The van der Waals surface area contributed by atoms with Crippen LogP contribution in [0.2, 0.25) is 0 Å². The number of rotatable bonds is 14. The van der Waals surface area contributed by atoms with Crippen molar-refractivity contribution in [1.29, 1.82) is 0 Å². The maximum absolute atomic E-state index is 12.3.